The molecule has 0 atom stereocenters. The maximum Gasteiger partial charge on any atom is 0.255 e. The number of rotatable bonds is 3. The fraction of sp³-hybridized carbons (Fsp3) is 0.412. The van der Waals surface area contributed by atoms with Gasteiger partial charge in [0.25, 0.3) is 5.91 Å². The van der Waals surface area contributed by atoms with E-state index in [1.807, 2.05) is 18.2 Å². The molecule has 0 N–H and O–H groups in total. The lowest BCUT2D eigenvalue weighted by molar-refractivity contribution is 0.0763. The van der Waals surface area contributed by atoms with Gasteiger partial charge in [-0.3, -0.25) is 4.79 Å². The zero-order chi connectivity index (χ0) is 18.9. The molecule has 7 nitrogen and oxygen atoms in total. The quantitative estimate of drug-likeness (QED) is 0.730. The van der Waals surface area contributed by atoms with Gasteiger partial charge in [0.1, 0.15) is 10.6 Å². The number of hydrogen-bond acceptors (Lipinski definition) is 5. The minimum atomic E-state index is -3.70. The Morgan fingerprint density at radius 1 is 1.15 bits per heavy atom. The van der Waals surface area contributed by atoms with Crippen LogP contribution in [0, 0.1) is 13.8 Å². The Labute approximate surface area is 161 Å². The molecule has 140 valence electrons. The molecule has 3 rings (SSSR count). The van der Waals surface area contributed by atoms with E-state index in [4.69, 9.17) is 4.52 Å². The van der Waals surface area contributed by atoms with Gasteiger partial charge in [0.15, 0.2) is 5.76 Å². The first-order chi connectivity index (χ1) is 12.3. The van der Waals surface area contributed by atoms with Crippen molar-refractivity contribution in [3.05, 3.63) is 45.8 Å². The second-order valence-electron chi connectivity index (χ2n) is 6.18. The molecule has 0 spiro atoms. The number of benzene rings is 1. The van der Waals surface area contributed by atoms with Crippen molar-refractivity contribution in [3.63, 3.8) is 0 Å². The summed E-state index contributed by atoms with van der Waals surface area (Å²) in [5, 5.41) is 3.74. The first-order valence-corrected chi connectivity index (χ1v) is 10.5. The van der Waals surface area contributed by atoms with Crippen LogP contribution in [-0.4, -0.2) is 54.9 Å². The summed E-state index contributed by atoms with van der Waals surface area (Å²) in [6, 6.07) is 7.24. The monoisotopic (exact) mass is 441 g/mol. The van der Waals surface area contributed by atoms with Gasteiger partial charge < -0.3 is 9.42 Å². The number of aromatic nitrogens is 1. The van der Waals surface area contributed by atoms with Crippen LogP contribution in [0.15, 0.2) is 38.2 Å². The second-order valence-corrected chi connectivity index (χ2v) is 8.91. The van der Waals surface area contributed by atoms with Gasteiger partial charge in [0.2, 0.25) is 10.0 Å². The molecular weight excluding hydrogens is 422 g/mol. The van der Waals surface area contributed by atoms with Gasteiger partial charge in [-0.05, 0) is 48.3 Å². The predicted molar refractivity (Wildman–Crippen MR) is 99.4 cm³/mol. The topological polar surface area (TPSA) is 83.7 Å². The molecule has 0 bridgehead atoms. The Morgan fingerprint density at radius 3 is 2.54 bits per heavy atom. The summed E-state index contributed by atoms with van der Waals surface area (Å²) in [5.74, 6) is 0.182. The van der Waals surface area contributed by atoms with E-state index in [2.05, 4.69) is 21.1 Å². The number of halogens is 1. The predicted octanol–water partition coefficient (Wildman–Crippen LogP) is 2.59. The molecule has 2 aromatic rings. The Bertz CT molecular complexity index is 906. The van der Waals surface area contributed by atoms with Crippen molar-refractivity contribution in [1.29, 1.82) is 0 Å². The van der Waals surface area contributed by atoms with E-state index in [1.165, 1.54) is 4.31 Å². The first kappa shape index (κ1) is 19.1. The maximum atomic E-state index is 13.0. The average molecular weight is 442 g/mol. The molecule has 1 saturated heterocycles. The highest BCUT2D eigenvalue weighted by molar-refractivity contribution is 9.10. The van der Waals surface area contributed by atoms with Crippen LogP contribution < -0.4 is 0 Å². The van der Waals surface area contributed by atoms with Crippen molar-refractivity contribution in [2.75, 3.05) is 26.2 Å². The van der Waals surface area contributed by atoms with Crippen LogP contribution in [0.1, 0.15) is 28.2 Å². The highest BCUT2D eigenvalue weighted by atomic mass is 79.9. The highest BCUT2D eigenvalue weighted by Crippen LogP contribution is 2.25. The van der Waals surface area contributed by atoms with E-state index in [1.54, 1.807) is 24.8 Å². The Kier molecular flexibility index (Phi) is 5.50. The first-order valence-electron chi connectivity index (χ1n) is 8.29. The Morgan fingerprint density at radius 2 is 1.88 bits per heavy atom. The Balaban J connectivity index is 1.79. The largest absolute Gasteiger partial charge is 0.360 e. The van der Waals surface area contributed by atoms with E-state index in [0.29, 0.717) is 37.3 Å². The van der Waals surface area contributed by atoms with E-state index < -0.39 is 10.0 Å². The highest BCUT2D eigenvalue weighted by Gasteiger charge is 2.33. The second kappa shape index (κ2) is 7.50. The lowest BCUT2D eigenvalue weighted by atomic mass is 10.2. The molecule has 0 unspecified atom stereocenters. The summed E-state index contributed by atoms with van der Waals surface area (Å²) in [6.07, 6.45) is 0.568. The van der Waals surface area contributed by atoms with Gasteiger partial charge in [0, 0.05) is 30.7 Å². The number of aryl methyl sites for hydroxylation is 2. The summed E-state index contributed by atoms with van der Waals surface area (Å²) >= 11 is 3.40. The summed E-state index contributed by atoms with van der Waals surface area (Å²) in [5.41, 5.74) is 0.933. The number of amides is 1. The average Bonchev–Trinajstić information content (AvgIpc) is 2.81. The molecule has 1 amide bonds. The fourth-order valence-corrected chi connectivity index (χ4v) is 5.33. The lowest BCUT2D eigenvalue weighted by Crippen LogP contribution is -2.37. The number of carbonyl (C=O) groups is 1. The van der Waals surface area contributed by atoms with Crippen molar-refractivity contribution in [2.24, 2.45) is 0 Å². The molecule has 0 radical (unpaired) electrons. The third-order valence-corrected chi connectivity index (χ3v) is 7.25. The number of hydrogen-bond donors (Lipinski definition) is 0. The van der Waals surface area contributed by atoms with Crippen molar-refractivity contribution in [2.45, 2.75) is 25.2 Å². The SMILES string of the molecule is Cc1noc(C)c1S(=O)(=O)N1CCCN(C(=O)c2ccccc2Br)CC1. The molecule has 26 heavy (non-hydrogen) atoms. The molecule has 1 aromatic carbocycles. The molecule has 1 aliphatic rings. The van der Waals surface area contributed by atoms with Gasteiger partial charge in [-0.1, -0.05) is 17.3 Å². The van der Waals surface area contributed by atoms with Crippen LogP contribution in [0.3, 0.4) is 0 Å². The minimum absolute atomic E-state index is 0.103. The van der Waals surface area contributed by atoms with Crippen LogP contribution in [0.2, 0.25) is 0 Å². The van der Waals surface area contributed by atoms with Crippen molar-refractivity contribution >= 4 is 31.9 Å². The number of sulfonamides is 1. The molecule has 2 heterocycles. The number of nitrogens with zero attached hydrogens (tertiary/aromatic N) is 3. The van der Waals surface area contributed by atoms with Crippen LogP contribution in [0.5, 0.6) is 0 Å². The summed E-state index contributed by atoms with van der Waals surface area (Å²) in [6.45, 7) is 4.64. The molecule has 0 aliphatic carbocycles. The third kappa shape index (κ3) is 3.56. The van der Waals surface area contributed by atoms with Gasteiger partial charge in [-0.15, -0.1) is 0 Å². The maximum absolute atomic E-state index is 13.0. The van der Waals surface area contributed by atoms with Crippen molar-refractivity contribution < 1.29 is 17.7 Å². The van der Waals surface area contributed by atoms with Crippen molar-refractivity contribution in [3.8, 4) is 0 Å². The van der Waals surface area contributed by atoms with Gasteiger partial charge in [-0.2, -0.15) is 4.31 Å². The fourth-order valence-electron chi connectivity index (χ4n) is 3.11. The van der Waals surface area contributed by atoms with E-state index >= 15 is 0 Å². The summed E-state index contributed by atoms with van der Waals surface area (Å²) in [4.78, 5) is 14.6. The van der Waals surface area contributed by atoms with Gasteiger partial charge >= 0.3 is 0 Å². The smallest absolute Gasteiger partial charge is 0.255 e. The normalized spacial score (nSPS) is 16.5. The van der Waals surface area contributed by atoms with Crippen LogP contribution in [0.4, 0.5) is 0 Å². The molecular formula is C17H20BrN3O4S. The van der Waals surface area contributed by atoms with E-state index in [0.717, 1.165) is 4.47 Å². The lowest BCUT2D eigenvalue weighted by Gasteiger charge is -2.22. The van der Waals surface area contributed by atoms with Crippen LogP contribution in [-0.2, 0) is 10.0 Å². The molecule has 9 heteroatoms. The zero-order valence-corrected chi connectivity index (χ0v) is 17.0. The third-order valence-electron chi connectivity index (χ3n) is 4.41. The summed E-state index contributed by atoms with van der Waals surface area (Å²) < 4.78 is 33.1. The standard InChI is InChI=1S/C17H20BrN3O4S/c1-12-16(13(2)25-19-12)26(23,24)21-9-5-8-20(10-11-21)17(22)14-6-3-4-7-15(14)18/h3-4,6-7H,5,8-11H2,1-2H3. The van der Waals surface area contributed by atoms with Crippen LogP contribution >= 0.6 is 15.9 Å². The number of carbonyl (C=O) groups excluding carboxylic acids is 1. The van der Waals surface area contributed by atoms with Gasteiger partial charge in [-0.25, -0.2) is 8.42 Å². The minimum Gasteiger partial charge on any atom is -0.360 e. The molecule has 0 saturated carbocycles. The molecule has 1 fully saturated rings. The van der Waals surface area contributed by atoms with Crippen LogP contribution in [0.25, 0.3) is 0 Å². The van der Waals surface area contributed by atoms with E-state index in [-0.39, 0.29) is 23.1 Å². The Hall–Kier alpha value is -1.71. The summed E-state index contributed by atoms with van der Waals surface area (Å²) in [7, 11) is -3.70. The van der Waals surface area contributed by atoms with Crippen molar-refractivity contribution in [1.82, 2.24) is 14.4 Å². The molecule has 1 aromatic heterocycles. The zero-order valence-electron chi connectivity index (χ0n) is 14.6. The van der Waals surface area contributed by atoms with E-state index in [9.17, 15) is 13.2 Å². The van der Waals surface area contributed by atoms with Gasteiger partial charge in [0.05, 0.1) is 5.56 Å². The molecule has 1 aliphatic heterocycles.